The number of rotatable bonds is 8. The van der Waals surface area contributed by atoms with E-state index in [1.165, 1.54) is 0 Å². The summed E-state index contributed by atoms with van der Waals surface area (Å²) in [7, 11) is 0. The molecule has 4 nitrogen and oxygen atoms in total. The number of alkyl halides is 1. The maximum atomic E-state index is 15.8. The molecule has 6 heteroatoms. The van der Waals surface area contributed by atoms with Crippen LogP contribution in [-0.4, -0.2) is 15.8 Å². The number of halogens is 2. The number of carbonyl (C=O) groups is 1. The van der Waals surface area contributed by atoms with Crippen LogP contribution in [0.4, 0.5) is 4.39 Å². The van der Waals surface area contributed by atoms with Crippen molar-refractivity contribution in [2.24, 2.45) is 0 Å². The molecule has 1 unspecified atom stereocenters. The highest BCUT2D eigenvalue weighted by atomic mass is 35.5. The highest BCUT2D eigenvalue weighted by Gasteiger charge is 2.33. The molecule has 168 valence electrons. The van der Waals surface area contributed by atoms with Crippen LogP contribution in [0.15, 0.2) is 54.6 Å². The molecular formula is C27H25ClFN3O. The van der Waals surface area contributed by atoms with Crippen LogP contribution in [0, 0.1) is 18.3 Å². The van der Waals surface area contributed by atoms with Crippen molar-refractivity contribution in [1.29, 1.82) is 5.26 Å². The summed E-state index contributed by atoms with van der Waals surface area (Å²) < 4.78 is 15.8. The molecule has 1 aromatic heterocycles. The zero-order chi connectivity index (χ0) is 23.8. The highest BCUT2D eigenvalue weighted by molar-refractivity contribution is 6.32. The maximum Gasteiger partial charge on any atom is 0.188 e. The van der Waals surface area contributed by atoms with Gasteiger partial charge in [0.15, 0.2) is 5.78 Å². The monoisotopic (exact) mass is 461 g/mol. The number of aromatic nitrogens is 2. The van der Waals surface area contributed by atoms with E-state index >= 15 is 4.39 Å². The zero-order valence-corrected chi connectivity index (χ0v) is 19.5. The van der Waals surface area contributed by atoms with Crippen molar-refractivity contribution in [3.8, 4) is 17.3 Å². The van der Waals surface area contributed by atoms with E-state index in [2.05, 4.69) is 16.5 Å². The van der Waals surface area contributed by atoms with Gasteiger partial charge in [-0.15, -0.1) is 0 Å². The number of hydrogen-bond donors (Lipinski definition) is 1. The van der Waals surface area contributed by atoms with Gasteiger partial charge in [0, 0.05) is 23.5 Å². The molecule has 0 aliphatic heterocycles. The first-order valence-electron chi connectivity index (χ1n) is 11.0. The van der Waals surface area contributed by atoms with Gasteiger partial charge in [-0.05, 0) is 61.1 Å². The third kappa shape index (κ3) is 4.62. The Morgan fingerprint density at radius 1 is 1.30 bits per heavy atom. The molecule has 1 aliphatic rings. The van der Waals surface area contributed by atoms with E-state index in [0.717, 1.165) is 29.8 Å². The number of Topliss-reactive ketones (excluding diaryl/α,β-unsaturated/α-hetero) is 1. The SMILES string of the molecule is C=C(CC(F)(CC)c1ccc(C#N)cc1)C(=O)c1ccc(C)c(-c2nc(C3CC3)[nH]c2Cl)c1. The second-order valence-corrected chi connectivity index (χ2v) is 9.08. The summed E-state index contributed by atoms with van der Waals surface area (Å²) in [6, 6.07) is 13.7. The van der Waals surface area contributed by atoms with Gasteiger partial charge in [0.1, 0.15) is 22.3 Å². The van der Waals surface area contributed by atoms with E-state index in [0.29, 0.717) is 33.5 Å². The Labute approximate surface area is 198 Å². The van der Waals surface area contributed by atoms with Gasteiger partial charge in [0.25, 0.3) is 0 Å². The number of nitrogens with one attached hydrogen (secondary N) is 1. The molecule has 1 saturated carbocycles. The number of carbonyl (C=O) groups excluding carboxylic acids is 1. The van der Waals surface area contributed by atoms with Gasteiger partial charge < -0.3 is 4.98 Å². The molecule has 1 N–H and O–H groups in total. The van der Waals surface area contributed by atoms with Crippen LogP contribution in [0.2, 0.25) is 5.15 Å². The number of imidazole rings is 1. The summed E-state index contributed by atoms with van der Waals surface area (Å²) in [6.07, 6.45) is 2.24. The summed E-state index contributed by atoms with van der Waals surface area (Å²) in [4.78, 5) is 21.0. The average Bonchev–Trinajstić information content (AvgIpc) is 3.61. The molecule has 3 aromatic rings. The van der Waals surface area contributed by atoms with Gasteiger partial charge in [-0.25, -0.2) is 9.37 Å². The van der Waals surface area contributed by atoms with Crippen molar-refractivity contribution in [2.45, 2.75) is 51.1 Å². The maximum absolute atomic E-state index is 15.8. The Hall–Kier alpha value is -3.23. The van der Waals surface area contributed by atoms with Crippen molar-refractivity contribution < 1.29 is 9.18 Å². The lowest BCUT2D eigenvalue weighted by atomic mass is 9.84. The Morgan fingerprint density at radius 3 is 2.61 bits per heavy atom. The van der Waals surface area contributed by atoms with Crippen LogP contribution < -0.4 is 0 Å². The topological polar surface area (TPSA) is 69.5 Å². The second-order valence-electron chi connectivity index (χ2n) is 8.71. The zero-order valence-electron chi connectivity index (χ0n) is 18.7. The van der Waals surface area contributed by atoms with Gasteiger partial charge >= 0.3 is 0 Å². The number of hydrogen-bond acceptors (Lipinski definition) is 3. The summed E-state index contributed by atoms with van der Waals surface area (Å²) in [5.41, 5.74) is 2.09. The minimum Gasteiger partial charge on any atom is -0.332 e. The van der Waals surface area contributed by atoms with Gasteiger partial charge in [-0.2, -0.15) is 5.26 Å². The second kappa shape index (κ2) is 8.96. The minimum atomic E-state index is -1.75. The van der Waals surface area contributed by atoms with Gasteiger partial charge in [0.2, 0.25) is 0 Å². The minimum absolute atomic E-state index is 0.133. The van der Waals surface area contributed by atoms with E-state index in [9.17, 15) is 4.79 Å². The van der Waals surface area contributed by atoms with Crippen LogP contribution in [0.1, 0.15) is 71.4 Å². The molecule has 1 atom stereocenters. The number of ketones is 1. The van der Waals surface area contributed by atoms with E-state index < -0.39 is 5.67 Å². The third-order valence-corrected chi connectivity index (χ3v) is 6.58. The molecule has 1 heterocycles. The summed E-state index contributed by atoms with van der Waals surface area (Å²) >= 11 is 6.42. The smallest absolute Gasteiger partial charge is 0.188 e. The largest absolute Gasteiger partial charge is 0.332 e. The predicted molar refractivity (Wildman–Crippen MR) is 128 cm³/mol. The number of aromatic amines is 1. The van der Waals surface area contributed by atoms with Crippen molar-refractivity contribution in [3.05, 3.63) is 87.8 Å². The molecule has 4 rings (SSSR count). The Balaban J connectivity index is 1.59. The molecule has 0 radical (unpaired) electrons. The Bertz CT molecular complexity index is 1270. The molecule has 0 bridgehead atoms. The standard InChI is InChI=1S/C27H25ClFN3O/c1-4-27(29,21-11-6-18(15-30)7-12-21)14-17(3)24(33)20-8-5-16(2)22(13-20)23-25(28)32-26(31-23)19-9-10-19/h5-8,11-13,19H,3-4,9-10,14H2,1-2H3,(H,31,32). The van der Waals surface area contributed by atoms with Crippen LogP contribution in [0.3, 0.4) is 0 Å². The number of benzene rings is 2. The van der Waals surface area contributed by atoms with E-state index in [-0.39, 0.29) is 24.2 Å². The molecule has 1 aliphatic carbocycles. The molecule has 33 heavy (non-hydrogen) atoms. The highest BCUT2D eigenvalue weighted by Crippen LogP contribution is 2.41. The van der Waals surface area contributed by atoms with Gasteiger partial charge in [-0.1, -0.05) is 49.4 Å². The van der Waals surface area contributed by atoms with Crippen molar-refractivity contribution in [1.82, 2.24) is 9.97 Å². The van der Waals surface area contributed by atoms with Crippen LogP contribution >= 0.6 is 11.6 Å². The summed E-state index contributed by atoms with van der Waals surface area (Å²) in [6.45, 7) is 7.58. The van der Waals surface area contributed by atoms with E-state index in [4.69, 9.17) is 16.9 Å². The van der Waals surface area contributed by atoms with Crippen LogP contribution in [0.25, 0.3) is 11.3 Å². The first-order valence-corrected chi connectivity index (χ1v) is 11.4. The number of nitrogens with zero attached hydrogens (tertiary/aromatic N) is 2. The van der Waals surface area contributed by atoms with E-state index in [1.54, 1.807) is 43.3 Å². The van der Waals surface area contributed by atoms with Crippen molar-refractivity contribution in [3.63, 3.8) is 0 Å². The van der Waals surface area contributed by atoms with Crippen molar-refractivity contribution >= 4 is 17.4 Å². The fourth-order valence-electron chi connectivity index (χ4n) is 4.01. The van der Waals surface area contributed by atoms with Crippen LogP contribution in [0.5, 0.6) is 0 Å². The normalized spacial score (nSPS) is 15.0. The molecule has 0 spiro atoms. The first-order chi connectivity index (χ1) is 15.8. The third-order valence-electron chi connectivity index (χ3n) is 6.30. The fraction of sp³-hybridized carbons (Fsp3) is 0.296. The first kappa shape index (κ1) is 22.9. The lowest BCUT2D eigenvalue weighted by molar-refractivity contribution is 0.0994. The fourth-order valence-corrected chi connectivity index (χ4v) is 4.25. The molecular weight excluding hydrogens is 437 g/mol. The van der Waals surface area contributed by atoms with Gasteiger partial charge in [0.05, 0.1) is 11.6 Å². The Kier molecular flexibility index (Phi) is 6.23. The van der Waals surface area contributed by atoms with Crippen molar-refractivity contribution in [2.75, 3.05) is 0 Å². The van der Waals surface area contributed by atoms with Crippen LogP contribution in [-0.2, 0) is 5.67 Å². The summed E-state index contributed by atoms with van der Waals surface area (Å²) in [5.74, 6) is 0.993. The number of H-pyrrole nitrogens is 1. The van der Waals surface area contributed by atoms with E-state index in [1.807, 2.05) is 19.1 Å². The molecule has 0 saturated heterocycles. The summed E-state index contributed by atoms with van der Waals surface area (Å²) in [5, 5.41) is 9.44. The Morgan fingerprint density at radius 2 is 2.00 bits per heavy atom. The quantitative estimate of drug-likeness (QED) is 0.285. The number of allylic oxidation sites excluding steroid dienone is 1. The average molecular weight is 462 g/mol. The molecule has 0 amide bonds. The predicted octanol–water partition coefficient (Wildman–Crippen LogP) is 7.19. The molecule has 1 fully saturated rings. The lowest BCUT2D eigenvalue weighted by Crippen LogP contribution is -2.22. The lowest BCUT2D eigenvalue weighted by Gasteiger charge is -2.25. The molecule has 2 aromatic carbocycles. The van der Waals surface area contributed by atoms with Gasteiger partial charge in [-0.3, -0.25) is 4.79 Å². The number of nitriles is 1. The number of aryl methyl sites for hydroxylation is 1.